The summed E-state index contributed by atoms with van der Waals surface area (Å²) in [7, 11) is 0. The van der Waals surface area contributed by atoms with Crippen LogP contribution in [0.3, 0.4) is 0 Å². The van der Waals surface area contributed by atoms with Gasteiger partial charge in [0, 0.05) is 43.1 Å². The lowest BCUT2D eigenvalue weighted by Crippen LogP contribution is -2.54. The second kappa shape index (κ2) is 10.0. The van der Waals surface area contributed by atoms with Crippen molar-refractivity contribution in [3.05, 3.63) is 45.7 Å². The average Bonchev–Trinajstić information content (AvgIpc) is 3.18. The maximum Gasteiger partial charge on any atom is 0.182 e. The van der Waals surface area contributed by atoms with Crippen LogP contribution < -0.4 is 4.90 Å². The molecule has 186 valence electrons. The van der Waals surface area contributed by atoms with E-state index >= 15 is 0 Å². The highest BCUT2D eigenvalue weighted by molar-refractivity contribution is 6.35. The van der Waals surface area contributed by atoms with E-state index in [1.165, 1.54) is 19.8 Å². The van der Waals surface area contributed by atoms with Gasteiger partial charge in [0.1, 0.15) is 11.3 Å². The van der Waals surface area contributed by atoms with Gasteiger partial charge in [0.05, 0.1) is 18.8 Å². The monoisotopic (exact) mass is 516 g/mol. The van der Waals surface area contributed by atoms with Crippen LogP contribution in [0.2, 0.25) is 10.0 Å². The van der Waals surface area contributed by atoms with Gasteiger partial charge in [-0.25, -0.2) is 14.6 Å². The molecule has 2 aliphatic rings. The van der Waals surface area contributed by atoms with Crippen molar-refractivity contribution in [1.82, 2.24) is 24.6 Å². The third-order valence-corrected chi connectivity index (χ3v) is 7.92. The number of hydrogen-bond donors (Lipinski definition) is 1. The number of ketones is 1. The molecule has 2 aromatic heterocycles. The van der Waals surface area contributed by atoms with E-state index in [-0.39, 0.29) is 18.4 Å². The smallest absolute Gasteiger partial charge is 0.182 e. The summed E-state index contributed by atoms with van der Waals surface area (Å²) in [6.45, 7) is 8.44. The molecule has 2 saturated heterocycles. The first kappa shape index (κ1) is 24.4. The fourth-order valence-corrected chi connectivity index (χ4v) is 5.92. The zero-order valence-corrected chi connectivity index (χ0v) is 21.5. The molecule has 0 unspecified atom stereocenters. The van der Waals surface area contributed by atoms with Gasteiger partial charge in [-0.05, 0) is 55.8 Å². The number of fused-ring (bicyclic) bond motifs is 1. The van der Waals surface area contributed by atoms with Crippen molar-refractivity contribution in [3.8, 4) is 0 Å². The number of likely N-dealkylation sites (tertiary alicyclic amines) is 1. The van der Waals surface area contributed by atoms with E-state index in [1.807, 2.05) is 13.0 Å². The van der Waals surface area contributed by atoms with E-state index in [1.54, 1.807) is 23.0 Å². The lowest BCUT2D eigenvalue weighted by atomic mass is 9.80. The summed E-state index contributed by atoms with van der Waals surface area (Å²) in [6, 6.07) is 5.11. The average molecular weight is 517 g/mol. The Morgan fingerprint density at radius 3 is 2.74 bits per heavy atom. The number of aromatic nitrogens is 4. The fraction of sp³-hybridized carbons (Fsp3) is 0.520. The molecule has 0 bridgehead atoms. The first-order valence-electron chi connectivity index (χ1n) is 12.1. The number of aliphatic hydroxyl groups excluding tert-OH is 1. The predicted octanol–water partition coefficient (Wildman–Crippen LogP) is 4.09. The van der Waals surface area contributed by atoms with Crippen LogP contribution in [0.15, 0.2) is 24.4 Å². The van der Waals surface area contributed by atoms with Crippen molar-refractivity contribution in [2.75, 3.05) is 44.2 Å². The summed E-state index contributed by atoms with van der Waals surface area (Å²) < 4.78 is 1.74. The van der Waals surface area contributed by atoms with Crippen LogP contribution in [0.25, 0.3) is 11.2 Å². The van der Waals surface area contributed by atoms with Crippen molar-refractivity contribution in [1.29, 1.82) is 0 Å². The van der Waals surface area contributed by atoms with Crippen molar-refractivity contribution >= 4 is 46.0 Å². The Morgan fingerprint density at radius 2 is 2.03 bits per heavy atom. The highest BCUT2D eigenvalue weighted by Gasteiger charge is 2.36. The Balaban J connectivity index is 1.40. The van der Waals surface area contributed by atoms with Gasteiger partial charge in [0.15, 0.2) is 17.1 Å². The Kier molecular flexibility index (Phi) is 6.99. The first-order valence-corrected chi connectivity index (χ1v) is 12.9. The maximum atomic E-state index is 12.3. The number of β-amino-alcohol motifs (C(OH)–C–C–N with tert-alkyl or cyclic N) is 1. The number of nitrogens with zero attached hydrogens (tertiary/aromatic N) is 6. The Labute approximate surface area is 214 Å². The minimum atomic E-state index is -0.260. The normalized spacial score (nSPS) is 20.3. The number of benzene rings is 1. The van der Waals surface area contributed by atoms with Gasteiger partial charge >= 0.3 is 0 Å². The Hall–Kier alpha value is -2.26. The van der Waals surface area contributed by atoms with Crippen LogP contribution in [-0.2, 0) is 0 Å². The molecule has 2 atom stereocenters. The topological polar surface area (TPSA) is 87.4 Å². The Morgan fingerprint density at radius 1 is 1.23 bits per heavy atom. The summed E-state index contributed by atoms with van der Waals surface area (Å²) in [5.74, 6) is 1.89. The molecular formula is C25H30Cl2N6O2. The lowest BCUT2D eigenvalue weighted by molar-refractivity contribution is 0.101. The highest BCUT2D eigenvalue weighted by atomic mass is 35.5. The number of carbonyl (C=O) groups is 1. The number of halogens is 2. The van der Waals surface area contributed by atoms with E-state index < -0.39 is 0 Å². The molecule has 0 saturated carbocycles. The molecule has 8 nitrogen and oxygen atoms in total. The van der Waals surface area contributed by atoms with E-state index in [0.29, 0.717) is 38.7 Å². The predicted molar refractivity (Wildman–Crippen MR) is 138 cm³/mol. The zero-order chi connectivity index (χ0) is 24.7. The summed E-state index contributed by atoms with van der Waals surface area (Å²) in [5.41, 5.74) is 2.23. The lowest BCUT2D eigenvalue weighted by Gasteiger charge is -2.47. The number of Topliss-reactive ketones (excluding diaryl/α,β-unsaturated/α-hetero) is 1. The van der Waals surface area contributed by atoms with E-state index in [9.17, 15) is 9.90 Å². The van der Waals surface area contributed by atoms with Crippen LogP contribution in [0.4, 0.5) is 5.82 Å². The molecule has 0 amide bonds. The van der Waals surface area contributed by atoms with Crippen LogP contribution in [0.1, 0.15) is 48.8 Å². The Bertz CT molecular complexity index is 1240. The molecule has 10 heteroatoms. The van der Waals surface area contributed by atoms with Crippen LogP contribution in [0, 0.1) is 11.8 Å². The molecule has 0 radical (unpaired) electrons. The van der Waals surface area contributed by atoms with Gasteiger partial charge in [0.25, 0.3) is 0 Å². The number of carbonyl (C=O) groups excluding carboxylic acids is 1. The zero-order valence-electron chi connectivity index (χ0n) is 20.0. The third-order valence-electron chi connectivity index (χ3n) is 7.36. The molecule has 3 aromatic rings. The molecule has 1 aromatic carbocycles. The molecule has 2 aliphatic heterocycles. The van der Waals surface area contributed by atoms with Crippen molar-refractivity contribution in [2.24, 2.45) is 11.8 Å². The number of hydrogen-bond acceptors (Lipinski definition) is 7. The summed E-state index contributed by atoms with van der Waals surface area (Å²) >= 11 is 12.6. The summed E-state index contributed by atoms with van der Waals surface area (Å²) in [4.78, 5) is 26.4. The van der Waals surface area contributed by atoms with E-state index in [2.05, 4.69) is 19.9 Å². The molecule has 35 heavy (non-hydrogen) atoms. The molecule has 0 spiro atoms. The quantitative estimate of drug-likeness (QED) is 0.473. The van der Waals surface area contributed by atoms with Crippen LogP contribution in [-0.4, -0.2) is 74.9 Å². The van der Waals surface area contributed by atoms with Gasteiger partial charge < -0.3 is 14.9 Å². The summed E-state index contributed by atoms with van der Waals surface area (Å²) in [6.07, 6.45) is 4.17. The third kappa shape index (κ3) is 4.77. The van der Waals surface area contributed by atoms with Gasteiger partial charge in [-0.2, -0.15) is 5.10 Å². The second-order valence-corrected chi connectivity index (χ2v) is 10.5. The molecule has 0 aliphatic carbocycles. The maximum absolute atomic E-state index is 12.3. The van der Waals surface area contributed by atoms with Gasteiger partial charge in [-0.15, -0.1) is 0 Å². The van der Waals surface area contributed by atoms with E-state index in [4.69, 9.17) is 28.2 Å². The van der Waals surface area contributed by atoms with Crippen LogP contribution >= 0.6 is 23.2 Å². The highest BCUT2D eigenvalue weighted by Crippen LogP contribution is 2.35. The second-order valence-electron chi connectivity index (χ2n) is 9.68. The molecule has 4 heterocycles. The number of anilines is 1. The first-order chi connectivity index (χ1) is 16.9. The molecule has 2 fully saturated rings. The fourth-order valence-electron chi connectivity index (χ4n) is 5.35. The van der Waals surface area contributed by atoms with Gasteiger partial charge in [0.2, 0.25) is 0 Å². The number of aliphatic hydroxyl groups is 1. The SMILES string of the molecule is CC(=O)c1nn([C@H](C)c2ccc(Cl)cc2Cl)c2nc(N3CC([C@@H]4CCCN(CCO)C4)C3)cnc12. The molecular weight excluding hydrogens is 487 g/mol. The van der Waals surface area contributed by atoms with Crippen molar-refractivity contribution < 1.29 is 9.90 Å². The standard InChI is InChI=1S/C25H30Cl2N6O2/c1-15(20-6-5-19(26)10-21(20)27)33-25-24(23(30-33)16(2)35)28-11-22(29-25)32-13-18(14-32)17-4-3-7-31(12-17)8-9-34/h5-6,10-11,15,17-18,34H,3-4,7-9,12-14H2,1-2H3/t15-,17-/m1/s1. The van der Waals surface area contributed by atoms with Crippen molar-refractivity contribution in [2.45, 2.75) is 32.7 Å². The number of rotatable bonds is 7. The van der Waals surface area contributed by atoms with Crippen molar-refractivity contribution in [3.63, 3.8) is 0 Å². The molecule has 5 rings (SSSR count). The van der Waals surface area contributed by atoms with E-state index in [0.717, 1.165) is 44.1 Å². The summed E-state index contributed by atoms with van der Waals surface area (Å²) in [5, 5.41) is 15.0. The van der Waals surface area contributed by atoms with Gasteiger partial charge in [-0.1, -0.05) is 29.3 Å². The van der Waals surface area contributed by atoms with Gasteiger partial charge in [-0.3, -0.25) is 4.79 Å². The number of piperidine rings is 1. The van der Waals surface area contributed by atoms with Crippen LogP contribution in [0.5, 0.6) is 0 Å². The largest absolute Gasteiger partial charge is 0.395 e. The minimum absolute atomic E-state index is 0.154. The minimum Gasteiger partial charge on any atom is -0.395 e. The molecule has 1 N–H and O–H groups in total.